The molecule has 3 rings (SSSR count). The van der Waals surface area contributed by atoms with Crippen molar-refractivity contribution in [2.24, 2.45) is 0 Å². The molecule has 0 bridgehead atoms. The molecule has 0 saturated carbocycles. The molecule has 0 fully saturated rings. The largest absolute Gasteiger partial charge is 0.351 e. The Hall–Kier alpha value is -2.62. The van der Waals surface area contributed by atoms with Gasteiger partial charge in [-0.25, -0.2) is 4.98 Å². The fourth-order valence-electron chi connectivity index (χ4n) is 2.55. The average molecular weight is 307 g/mol. The van der Waals surface area contributed by atoms with Gasteiger partial charge in [0.1, 0.15) is 5.82 Å². The van der Waals surface area contributed by atoms with Crippen molar-refractivity contribution in [2.45, 2.75) is 32.7 Å². The summed E-state index contributed by atoms with van der Waals surface area (Å²) in [6.45, 7) is 5.94. The number of nitrogens with one attached hydrogen (secondary N) is 2. The number of imidazole rings is 1. The zero-order valence-electron chi connectivity index (χ0n) is 13.7. The maximum atomic E-state index is 12.1. The predicted octanol–water partition coefficient (Wildman–Crippen LogP) is 3.69. The van der Waals surface area contributed by atoms with E-state index in [-0.39, 0.29) is 11.4 Å². The Balaban J connectivity index is 1.84. The van der Waals surface area contributed by atoms with Crippen molar-refractivity contribution in [1.82, 2.24) is 15.3 Å². The summed E-state index contributed by atoms with van der Waals surface area (Å²) in [5.74, 6) is 0.872. The zero-order chi connectivity index (χ0) is 16.4. The number of amides is 1. The molecule has 1 aromatic heterocycles. The highest BCUT2D eigenvalue weighted by Crippen LogP contribution is 2.21. The summed E-state index contributed by atoms with van der Waals surface area (Å²) in [5.41, 5.74) is 3.67. The minimum atomic E-state index is -0.213. The lowest BCUT2D eigenvalue weighted by Gasteiger charge is -2.20. The summed E-state index contributed by atoms with van der Waals surface area (Å²) < 4.78 is 0. The van der Waals surface area contributed by atoms with Gasteiger partial charge in [-0.15, -0.1) is 0 Å². The standard InChI is InChI=1S/C19H21N3O/c1-19(2,3)22-17(23)12-13-9-10-15-16(11-13)21-18(20-15)14-7-5-4-6-8-14/h4-11H,12H2,1-3H3,(H,20,21)(H,22,23). The molecule has 4 heteroatoms. The monoisotopic (exact) mass is 307 g/mol. The number of H-pyrrole nitrogens is 1. The number of nitrogens with zero attached hydrogens (tertiary/aromatic N) is 1. The number of fused-ring (bicyclic) bond motifs is 1. The van der Waals surface area contributed by atoms with Gasteiger partial charge in [-0.05, 0) is 38.5 Å². The van der Waals surface area contributed by atoms with E-state index in [0.29, 0.717) is 6.42 Å². The molecule has 0 radical (unpaired) electrons. The molecule has 0 aliphatic rings. The summed E-state index contributed by atoms with van der Waals surface area (Å²) in [6, 6.07) is 15.9. The van der Waals surface area contributed by atoms with Crippen molar-refractivity contribution >= 4 is 16.9 Å². The van der Waals surface area contributed by atoms with Crippen LogP contribution in [0, 0.1) is 0 Å². The van der Waals surface area contributed by atoms with Gasteiger partial charge in [-0.1, -0.05) is 36.4 Å². The van der Waals surface area contributed by atoms with E-state index >= 15 is 0 Å². The van der Waals surface area contributed by atoms with E-state index in [1.807, 2.05) is 69.3 Å². The van der Waals surface area contributed by atoms with Crippen molar-refractivity contribution in [3.05, 3.63) is 54.1 Å². The molecule has 0 atom stereocenters. The number of hydrogen-bond acceptors (Lipinski definition) is 2. The van der Waals surface area contributed by atoms with E-state index in [2.05, 4.69) is 15.3 Å². The molecular weight excluding hydrogens is 286 g/mol. The zero-order valence-corrected chi connectivity index (χ0v) is 13.7. The second kappa shape index (κ2) is 5.88. The second-order valence-electron chi connectivity index (χ2n) is 6.78. The Kier molecular flexibility index (Phi) is 3.90. The van der Waals surface area contributed by atoms with Crippen LogP contribution < -0.4 is 5.32 Å². The van der Waals surface area contributed by atoms with Gasteiger partial charge >= 0.3 is 0 Å². The topological polar surface area (TPSA) is 57.8 Å². The van der Waals surface area contributed by atoms with Crippen LogP contribution in [0.25, 0.3) is 22.4 Å². The van der Waals surface area contributed by atoms with Gasteiger partial charge in [0.05, 0.1) is 17.5 Å². The van der Waals surface area contributed by atoms with Gasteiger partial charge < -0.3 is 10.3 Å². The first-order chi connectivity index (χ1) is 10.9. The number of rotatable bonds is 3. The quantitative estimate of drug-likeness (QED) is 0.775. The van der Waals surface area contributed by atoms with Crippen LogP contribution >= 0.6 is 0 Å². The smallest absolute Gasteiger partial charge is 0.224 e. The third-order valence-corrected chi connectivity index (χ3v) is 3.47. The van der Waals surface area contributed by atoms with Gasteiger partial charge in [0.25, 0.3) is 0 Å². The molecule has 1 amide bonds. The van der Waals surface area contributed by atoms with Crippen LogP contribution in [0.4, 0.5) is 0 Å². The van der Waals surface area contributed by atoms with Crippen LogP contribution in [0.1, 0.15) is 26.3 Å². The fourth-order valence-corrected chi connectivity index (χ4v) is 2.55. The fraction of sp³-hybridized carbons (Fsp3) is 0.263. The van der Waals surface area contributed by atoms with Gasteiger partial charge in [0, 0.05) is 11.1 Å². The lowest BCUT2D eigenvalue weighted by atomic mass is 10.1. The van der Waals surface area contributed by atoms with E-state index < -0.39 is 0 Å². The Bertz CT molecular complexity index is 829. The molecule has 23 heavy (non-hydrogen) atoms. The molecule has 0 saturated heterocycles. The van der Waals surface area contributed by atoms with Crippen molar-refractivity contribution in [3.63, 3.8) is 0 Å². The van der Waals surface area contributed by atoms with Crippen LogP contribution in [-0.2, 0) is 11.2 Å². The first-order valence-electron chi connectivity index (χ1n) is 7.76. The Morgan fingerprint density at radius 3 is 2.57 bits per heavy atom. The minimum absolute atomic E-state index is 0.0275. The minimum Gasteiger partial charge on any atom is -0.351 e. The van der Waals surface area contributed by atoms with Crippen LogP contribution in [0.15, 0.2) is 48.5 Å². The lowest BCUT2D eigenvalue weighted by Crippen LogP contribution is -2.41. The predicted molar refractivity (Wildman–Crippen MR) is 93.1 cm³/mol. The summed E-state index contributed by atoms with van der Waals surface area (Å²) in [5, 5.41) is 2.98. The number of carbonyl (C=O) groups is 1. The Labute approximate surface area is 136 Å². The van der Waals surface area contributed by atoms with E-state index in [1.165, 1.54) is 0 Å². The molecule has 0 aliphatic carbocycles. The Morgan fingerprint density at radius 1 is 1.13 bits per heavy atom. The van der Waals surface area contributed by atoms with Crippen molar-refractivity contribution in [3.8, 4) is 11.4 Å². The summed E-state index contributed by atoms with van der Waals surface area (Å²) in [4.78, 5) is 20.0. The summed E-state index contributed by atoms with van der Waals surface area (Å²) in [7, 11) is 0. The van der Waals surface area contributed by atoms with E-state index in [9.17, 15) is 4.79 Å². The van der Waals surface area contributed by atoms with Gasteiger partial charge in [-0.2, -0.15) is 0 Å². The van der Waals surface area contributed by atoms with Crippen molar-refractivity contribution in [1.29, 1.82) is 0 Å². The number of aromatic amines is 1. The molecule has 0 spiro atoms. The maximum absolute atomic E-state index is 12.1. The summed E-state index contributed by atoms with van der Waals surface area (Å²) in [6.07, 6.45) is 0.368. The van der Waals surface area contributed by atoms with Crippen LogP contribution in [0.3, 0.4) is 0 Å². The van der Waals surface area contributed by atoms with E-state index in [0.717, 1.165) is 28.0 Å². The summed E-state index contributed by atoms with van der Waals surface area (Å²) >= 11 is 0. The van der Waals surface area contributed by atoms with E-state index in [4.69, 9.17) is 0 Å². The molecule has 3 aromatic rings. The third kappa shape index (κ3) is 3.77. The van der Waals surface area contributed by atoms with Crippen LogP contribution in [0.5, 0.6) is 0 Å². The number of carbonyl (C=O) groups excluding carboxylic acids is 1. The molecule has 4 nitrogen and oxygen atoms in total. The lowest BCUT2D eigenvalue weighted by molar-refractivity contribution is -0.121. The second-order valence-corrected chi connectivity index (χ2v) is 6.78. The molecule has 0 unspecified atom stereocenters. The highest BCUT2D eigenvalue weighted by molar-refractivity contribution is 5.83. The molecule has 2 aromatic carbocycles. The first kappa shape index (κ1) is 15.3. The first-order valence-corrected chi connectivity index (χ1v) is 7.76. The van der Waals surface area contributed by atoms with E-state index in [1.54, 1.807) is 0 Å². The Morgan fingerprint density at radius 2 is 1.87 bits per heavy atom. The van der Waals surface area contributed by atoms with Crippen LogP contribution in [-0.4, -0.2) is 21.4 Å². The molecule has 0 aliphatic heterocycles. The van der Waals surface area contributed by atoms with Crippen LogP contribution in [0.2, 0.25) is 0 Å². The highest BCUT2D eigenvalue weighted by atomic mass is 16.1. The average Bonchev–Trinajstić information content (AvgIpc) is 2.89. The van der Waals surface area contributed by atoms with Crippen molar-refractivity contribution in [2.75, 3.05) is 0 Å². The number of aromatic nitrogens is 2. The van der Waals surface area contributed by atoms with Gasteiger partial charge in [0.15, 0.2) is 0 Å². The highest BCUT2D eigenvalue weighted by Gasteiger charge is 2.14. The van der Waals surface area contributed by atoms with Crippen molar-refractivity contribution < 1.29 is 4.79 Å². The molecule has 118 valence electrons. The maximum Gasteiger partial charge on any atom is 0.224 e. The number of hydrogen-bond donors (Lipinski definition) is 2. The molecule has 1 heterocycles. The SMILES string of the molecule is CC(C)(C)NC(=O)Cc1ccc2nc(-c3ccccc3)[nH]c2c1. The third-order valence-electron chi connectivity index (χ3n) is 3.47. The molecule has 2 N–H and O–H groups in total. The van der Waals surface area contributed by atoms with Gasteiger partial charge in [-0.3, -0.25) is 4.79 Å². The van der Waals surface area contributed by atoms with Gasteiger partial charge in [0.2, 0.25) is 5.91 Å². The number of benzene rings is 2. The molecular formula is C19H21N3O. The normalized spacial score (nSPS) is 11.6.